The van der Waals surface area contributed by atoms with Gasteiger partial charge in [0.15, 0.2) is 17.0 Å². The number of rotatable bonds is 6. The summed E-state index contributed by atoms with van der Waals surface area (Å²) < 4.78 is 0. The van der Waals surface area contributed by atoms with Crippen LogP contribution in [-0.4, -0.2) is 26.0 Å². The van der Waals surface area contributed by atoms with Crippen LogP contribution in [0.5, 0.6) is 0 Å². The minimum Gasteiger partial charge on any atom is -0.366 e. The van der Waals surface area contributed by atoms with E-state index in [0.29, 0.717) is 11.7 Å². The average molecular weight is 287 g/mol. The summed E-state index contributed by atoms with van der Waals surface area (Å²) in [5.74, 6) is 1.54. The molecule has 0 aliphatic rings. The van der Waals surface area contributed by atoms with Crippen LogP contribution in [0.15, 0.2) is 6.33 Å². The Morgan fingerprint density at radius 2 is 1.71 bits per heavy atom. The topological polar surface area (TPSA) is 63.6 Å². The van der Waals surface area contributed by atoms with Gasteiger partial charge in [-0.05, 0) is 33.1 Å². The van der Waals surface area contributed by atoms with Gasteiger partial charge >= 0.3 is 0 Å². The zero-order valence-corrected chi connectivity index (χ0v) is 13.6. The van der Waals surface area contributed by atoms with Crippen molar-refractivity contribution in [3.05, 3.63) is 17.7 Å². The summed E-state index contributed by atoms with van der Waals surface area (Å²) in [6, 6.07) is 0.366. The predicted octanol–water partition coefficient (Wildman–Crippen LogP) is 3.66. The second kappa shape index (κ2) is 6.78. The SMILES string of the molecule is Cc1nc2ncnc(NC(C)CCCC(C)C)c2nc1C. The highest BCUT2D eigenvalue weighted by Gasteiger charge is 2.11. The summed E-state index contributed by atoms with van der Waals surface area (Å²) >= 11 is 0. The van der Waals surface area contributed by atoms with Gasteiger partial charge in [-0.1, -0.05) is 26.7 Å². The highest BCUT2D eigenvalue weighted by Crippen LogP contribution is 2.19. The lowest BCUT2D eigenvalue weighted by molar-refractivity contribution is 0.520. The zero-order chi connectivity index (χ0) is 15.4. The van der Waals surface area contributed by atoms with Crippen LogP contribution in [0, 0.1) is 19.8 Å². The van der Waals surface area contributed by atoms with E-state index in [9.17, 15) is 0 Å². The van der Waals surface area contributed by atoms with Crippen LogP contribution in [0.3, 0.4) is 0 Å². The molecule has 0 radical (unpaired) electrons. The number of nitrogens with zero attached hydrogens (tertiary/aromatic N) is 4. The Balaban J connectivity index is 2.13. The summed E-state index contributed by atoms with van der Waals surface area (Å²) in [5, 5.41) is 3.45. The van der Waals surface area contributed by atoms with E-state index in [-0.39, 0.29) is 0 Å². The standard InChI is InChI=1S/C16H25N5/c1-10(2)7-6-8-11(3)19-15-14-16(18-9-17-15)21-13(5)12(4)20-14/h9-11H,6-8H2,1-5H3,(H,17,18,19,21). The summed E-state index contributed by atoms with van der Waals surface area (Å²) in [6.45, 7) is 10.6. The second-order valence-corrected chi connectivity index (χ2v) is 6.16. The fraction of sp³-hybridized carbons (Fsp3) is 0.625. The lowest BCUT2D eigenvalue weighted by Crippen LogP contribution is -2.17. The summed E-state index contributed by atoms with van der Waals surface area (Å²) in [6.07, 6.45) is 5.16. The Kier molecular flexibility index (Phi) is 5.04. The predicted molar refractivity (Wildman–Crippen MR) is 86.4 cm³/mol. The zero-order valence-electron chi connectivity index (χ0n) is 13.6. The first kappa shape index (κ1) is 15.6. The third-order valence-corrected chi connectivity index (χ3v) is 3.68. The molecule has 0 saturated carbocycles. The van der Waals surface area contributed by atoms with E-state index in [1.807, 2.05) is 13.8 Å². The number of hydrogen-bond donors (Lipinski definition) is 1. The van der Waals surface area contributed by atoms with Gasteiger partial charge in [-0.3, -0.25) is 0 Å². The van der Waals surface area contributed by atoms with E-state index in [2.05, 4.69) is 46.0 Å². The van der Waals surface area contributed by atoms with Crippen LogP contribution in [-0.2, 0) is 0 Å². The normalized spacial score (nSPS) is 12.9. The first-order valence-electron chi connectivity index (χ1n) is 7.70. The lowest BCUT2D eigenvalue weighted by atomic mass is 10.0. The quantitative estimate of drug-likeness (QED) is 0.878. The Morgan fingerprint density at radius 1 is 1.00 bits per heavy atom. The Bertz CT molecular complexity index is 609. The van der Waals surface area contributed by atoms with E-state index in [4.69, 9.17) is 0 Å². The smallest absolute Gasteiger partial charge is 0.183 e. The van der Waals surface area contributed by atoms with Gasteiger partial charge in [0.25, 0.3) is 0 Å². The Morgan fingerprint density at radius 3 is 2.43 bits per heavy atom. The molecule has 114 valence electrons. The van der Waals surface area contributed by atoms with Crippen LogP contribution < -0.4 is 5.32 Å². The van der Waals surface area contributed by atoms with E-state index in [1.165, 1.54) is 12.8 Å². The van der Waals surface area contributed by atoms with E-state index >= 15 is 0 Å². The van der Waals surface area contributed by atoms with Crippen LogP contribution in [0.4, 0.5) is 5.82 Å². The molecule has 2 aromatic rings. The van der Waals surface area contributed by atoms with Crippen molar-refractivity contribution in [1.29, 1.82) is 0 Å². The maximum atomic E-state index is 4.59. The van der Waals surface area contributed by atoms with Crippen molar-refractivity contribution in [1.82, 2.24) is 19.9 Å². The molecule has 2 heterocycles. The van der Waals surface area contributed by atoms with Gasteiger partial charge in [0.05, 0.1) is 11.4 Å². The van der Waals surface area contributed by atoms with Gasteiger partial charge in [-0.25, -0.2) is 19.9 Å². The van der Waals surface area contributed by atoms with E-state index < -0.39 is 0 Å². The molecule has 2 rings (SSSR count). The van der Waals surface area contributed by atoms with Crippen molar-refractivity contribution in [2.75, 3.05) is 5.32 Å². The van der Waals surface area contributed by atoms with Gasteiger partial charge in [-0.15, -0.1) is 0 Å². The van der Waals surface area contributed by atoms with Crippen molar-refractivity contribution in [2.24, 2.45) is 5.92 Å². The van der Waals surface area contributed by atoms with Gasteiger partial charge in [0.1, 0.15) is 6.33 Å². The van der Waals surface area contributed by atoms with Crippen molar-refractivity contribution in [3.63, 3.8) is 0 Å². The Hall–Kier alpha value is -1.78. The number of nitrogens with one attached hydrogen (secondary N) is 1. The molecular weight excluding hydrogens is 262 g/mol. The van der Waals surface area contributed by atoms with E-state index in [1.54, 1.807) is 6.33 Å². The lowest BCUT2D eigenvalue weighted by Gasteiger charge is -2.16. The molecule has 0 amide bonds. The monoisotopic (exact) mass is 287 g/mol. The third kappa shape index (κ3) is 4.09. The molecule has 1 N–H and O–H groups in total. The van der Waals surface area contributed by atoms with Gasteiger partial charge in [-0.2, -0.15) is 0 Å². The molecule has 1 unspecified atom stereocenters. The summed E-state index contributed by atoms with van der Waals surface area (Å²) in [7, 11) is 0. The first-order valence-corrected chi connectivity index (χ1v) is 7.70. The maximum absolute atomic E-state index is 4.59. The fourth-order valence-corrected chi connectivity index (χ4v) is 2.29. The molecule has 0 aliphatic carbocycles. The van der Waals surface area contributed by atoms with Crippen molar-refractivity contribution in [3.8, 4) is 0 Å². The molecule has 0 bridgehead atoms. The molecule has 0 fully saturated rings. The number of aryl methyl sites for hydroxylation is 2. The molecule has 0 aromatic carbocycles. The van der Waals surface area contributed by atoms with Crippen LogP contribution in [0.1, 0.15) is 51.4 Å². The number of fused-ring (bicyclic) bond motifs is 1. The summed E-state index contributed by atoms with van der Waals surface area (Å²) in [4.78, 5) is 17.6. The van der Waals surface area contributed by atoms with Crippen LogP contribution in [0.2, 0.25) is 0 Å². The van der Waals surface area contributed by atoms with Crippen LogP contribution in [0.25, 0.3) is 11.2 Å². The largest absolute Gasteiger partial charge is 0.366 e. The highest BCUT2D eigenvalue weighted by molar-refractivity contribution is 5.82. The molecular formula is C16H25N5. The van der Waals surface area contributed by atoms with E-state index in [0.717, 1.165) is 35.1 Å². The first-order chi connectivity index (χ1) is 9.97. The molecule has 0 spiro atoms. The maximum Gasteiger partial charge on any atom is 0.183 e. The molecule has 21 heavy (non-hydrogen) atoms. The summed E-state index contributed by atoms with van der Waals surface area (Å²) in [5.41, 5.74) is 3.26. The second-order valence-electron chi connectivity index (χ2n) is 6.16. The average Bonchev–Trinajstić information content (AvgIpc) is 2.40. The third-order valence-electron chi connectivity index (χ3n) is 3.68. The fourth-order valence-electron chi connectivity index (χ4n) is 2.29. The Labute approximate surface area is 126 Å². The number of anilines is 1. The van der Waals surface area contributed by atoms with Gasteiger partial charge in [0.2, 0.25) is 0 Å². The minimum absolute atomic E-state index is 0.366. The molecule has 0 saturated heterocycles. The van der Waals surface area contributed by atoms with Gasteiger partial charge in [0, 0.05) is 6.04 Å². The van der Waals surface area contributed by atoms with Crippen molar-refractivity contribution < 1.29 is 0 Å². The molecule has 5 heteroatoms. The molecule has 0 aliphatic heterocycles. The number of hydrogen-bond acceptors (Lipinski definition) is 5. The molecule has 5 nitrogen and oxygen atoms in total. The molecule has 1 atom stereocenters. The van der Waals surface area contributed by atoms with Gasteiger partial charge < -0.3 is 5.32 Å². The highest BCUT2D eigenvalue weighted by atomic mass is 15.1. The minimum atomic E-state index is 0.366. The number of aromatic nitrogens is 4. The van der Waals surface area contributed by atoms with Crippen LogP contribution >= 0.6 is 0 Å². The van der Waals surface area contributed by atoms with Crippen molar-refractivity contribution >= 4 is 17.0 Å². The van der Waals surface area contributed by atoms with Crippen molar-refractivity contribution in [2.45, 2.75) is 59.9 Å². The molecule has 2 aromatic heterocycles.